The number of unbranched alkanes of at least 4 members (excludes halogenated alkanes) is 4. The highest BCUT2D eigenvalue weighted by Crippen LogP contribution is 2.14. The largest absolute Gasteiger partial charge is 0.394 e. The second-order valence-corrected chi connectivity index (χ2v) is 5.09. The summed E-state index contributed by atoms with van der Waals surface area (Å²) in [6.45, 7) is 5.94. The maximum Gasteiger partial charge on any atom is 0.222 e. The molecule has 0 rings (SSSR count). The quantitative estimate of drug-likeness (QED) is 0.650. The van der Waals surface area contributed by atoms with Gasteiger partial charge in [-0.1, -0.05) is 32.6 Å². The second-order valence-electron chi connectivity index (χ2n) is 5.09. The van der Waals surface area contributed by atoms with Crippen molar-refractivity contribution in [3.63, 3.8) is 0 Å². The van der Waals surface area contributed by atoms with Crippen LogP contribution >= 0.6 is 0 Å². The van der Waals surface area contributed by atoms with E-state index < -0.39 is 5.54 Å². The minimum absolute atomic E-state index is 0.00503. The molecule has 0 aromatic heterocycles. The molecule has 0 bridgehead atoms. The van der Waals surface area contributed by atoms with Crippen LogP contribution in [-0.2, 0) is 4.79 Å². The number of carbonyl (C=O) groups excluding carboxylic acids is 1. The number of aliphatic hydroxyl groups is 1. The first-order valence-electron chi connectivity index (χ1n) is 6.33. The molecule has 3 heteroatoms. The Morgan fingerprint density at radius 2 is 1.75 bits per heavy atom. The van der Waals surface area contributed by atoms with Crippen LogP contribution in [0.1, 0.15) is 59.3 Å². The number of likely N-dealkylation sites (N-methyl/N-ethyl adjacent to an activating group) is 1. The van der Waals surface area contributed by atoms with Gasteiger partial charge in [0.05, 0.1) is 12.1 Å². The van der Waals surface area contributed by atoms with E-state index in [2.05, 4.69) is 6.92 Å². The summed E-state index contributed by atoms with van der Waals surface area (Å²) in [4.78, 5) is 13.5. The summed E-state index contributed by atoms with van der Waals surface area (Å²) in [6.07, 6.45) is 6.40. The van der Waals surface area contributed by atoms with Gasteiger partial charge in [0.15, 0.2) is 0 Å². The van der Waals surface area contributed by atoms with Gasteiger partial charge < -0.3 is 10.0 Å². The molecule has 0 aliphatic heterocycles. The van der Waals surface area contributed by atoms with Crippen molar-refractivity contribution in [3.8, 4) is 0 Å². The van der Waals surface area contributed by atoms with E-state index in [0.717, 1.165) is 12.8 Å². The zero-order chi connectivity index (χ0) is 12.6. The highest BCUT2D eigenvalue weighted by Gasteiger charge is 2.25. The Bertz CT molecular complexity index is 202. The van der Waals surface area contributed by atoms with Crippen molar-refractivity contribution in [2.75, 3.05) is 13.7 Å². The van der Waals surface area contributed by atoms with Crippen LogP contribution in [0.2, 0.25) is 0 Å². The van der Waals surface area contributed by atoms with Crippen LogP contribution < -0.4 is 0 Å². The van der Waals surface area contributed by atoms with Crippen molar-refractivity contribution >= 4 is 5.91 Å². The molecule has 0 aliphatic rings. The van der Waals surface area contributed by atoms with E-state index >= 15 is 0 Å². The van der Waals surface area contributed by atoms with Crippen LogP contribution in [0.15, 0.2) is 0 Å². The lowest BCUT2D eigenvalue weighted by molar-refractivity contribution is -0.136. The van der Waals surface area contributed by atoms with Gasteiger partial charge in [0, 0.05) is 13.5 Å². The van der Waals surface area contributed by atoms with Gasteiger partial charge in [-0.05, 0) is 20.3 Å². The summed E-state index contributed by atoms with van der Waals surface area (Å²) in [6, 6.07) is 0. The fourth-order valence-electron chi connectivity index (χ4n) is 1.49. The van der Waals surface area contributed by atoms with E-state index in [-0.39, 0.29) is 12.5 Å². The van der Waals surface area contributed by atoms with E-state index in [0.29, 0.717) is 6.42 Å². The standard InChI is InChI=1S/C13H27NO2/c1-5-6-7-8-9-10-12(16)14(4)13(2,3)11-15/h15H,5-11H2,1-4H3. The molecule has 0 atom stereocenters. The smallest absolute Gasteiger partial charge is 0.222 e. The topological polar surface area (TPSA) is 40.5 Å². The van der Waals surface area contributed by atoms with Crippen LogP contribution in [0.3, 0.4) is 0 Å². The number of nitrogens with zero attached hydrogens (tertiary/aromatic N) is 1. The maximum absolute atomic E-state index is 11.8. The molecular weight excluding hydrogens is 202 g/mol. The summed E-state index contributed by atoms with van der Waals surface area (Å²) in [5, 5.41) is 9.16. The van der Waals surface area contributed by atoms with E-state index in [1.54, 1.807) is 11.9 Å². The number of rotatable bonds is 8. The van der Waals surface area contributed by atoms with Crippen LogP contribution in [0.5, 0.6) is 0 Å². The van der Waals surface area contributed by atoms with Gasteiger partial charge in [0.25, 0.3) is 0 Å². The molecule has 0 aromatic rings. The Kier molecular flexibility index (Phi) is 7.39. The lowest BCUT2D eigenvalue weighted by Gasteiger charge is -2.34. The molecule has 96 valence electrons. The molecule has 0 spiro atoms. The Morgan fingerprint density at radius 3 is 2.25 bits per heavy atom. The van der Waals surface area contributed by atoms with Crippen LogP contribution in [0.25, 0.3) is 0 Å². The normalized spacial score (nSPS) is 11.6. The van der Waals surface area contributed by atoms with Gasteiger partial charge in [-0.2, -0.15) is 0 Å². The van der Waals surface area contributed by atoms with Gasteiger partial charge in [-0.3, -0.25) is 4.79 Å². The van der Waals surface area contributed by atoms with E-state index in [9.17, 15) is 4.79 Å². The number of carbonyl (C=O) groups is 1. The van der Waals surface area contributed by atoms with E-state index in [1.807, 2.05) is 13.8 Å². The molecule has 0 aromatic carbocycles. The molecule has 0 saturated heterocycles. The van der Waals surface area contributed by atoms with E-state index in [4.69, 9.17) is 5.11 Å². The summed E-state index contributed by atoms with van der Waals surface area (Å²) >= 11 is 0. The van der Waals surface area contributed by atoms with Crippen molar-refractivity contribution in [3.05, 3.63) is 0 Å². The minimum Gasteiger partial charge on any atom is -0.394 e. The van der Waals surface area contributed by atoms with Crippen molar-refractivity contribution in [2.45, 2.75) is 64.8 Å². The Balaban J connectivity index is 3.80. The average molecular weight is 229 g/mol. The Hall–Kier alpha value is -0.570. The zero-order valence-corrected chi connectivity index (χ0v) is 11.3. The molecular formula is C13H27NO2. The van der Waals surface area contributed by atoms with Gasteiger partial charge in [-0.25, -0.2) is 0 Å². The first-order chi connectivity index (χ1) is 7.45. The first-order valence-corrected chi connectivity index (χ1v) is 6.33. The van der Waals surface area contributed by atoms with Crippen molar-refractivity contribution in [1.82, 2.24) is 4.90 Å². The lowest BCUT2D eigenvalue weighted by atomic mass is 10.0. The Morgan fingerprint density at radius 1 is 1.19 bits per heavy atom. The van der Waals surface area contributed by atoms with Gasteiger partial charge in [0.1, 0.15) is 0 Å². The molecule has 0 unspecified atom stereocenters. The van der Waals surface area contributed by atoms with Gasteiger partial charge in [-0.15, -0.1) is 0 Å². The molecule has 16 heavy (non-hydrogen) atoms. The molecule has 0 saturated carbocycles. The predicted octanol–water partition coefficient (Wildman–Crippen LogP) is 2.58. The SMILES string of the molecule is CCCCCCCC(=O)N(C)C(C)(C)CO. The summed E-state index contributed by atoms with van der Waals surface area (Å²) < 4.78 is 0. The number of amides is 1. The highest BCUT2D eigenvalue weighted by molar-refractivity contribution is 5.76. The molecule has 0 radical (unpaired) electrons. The molecule has 1 N–H and O–H groups in total. The predicted molar refractivity (Wildman–Crippen MR) is 67.3 cm³/mol. The highest BCUT2D eigenvalue weighted by atomic mass is 16.3. The Labute approximate surface area is 99.8 Å². The summed E-state index contributed by atoms with van der Waals surface area (Å²) in [5.41, 5.74) is -0.444. The van der Waals surface area contributed by atoms with Gasteiger partial charge in [0.2, 0.25) is 5.91 Å². The summed E-state index contributed by atoms with van der Waals surface area (Å²) in [5.74, 6) is 0.135. The summed E-state index contributed by atoms with van der Waals surface area (Å²) in [7, 11) is 1.77. The number of hydrogen-bond donors (Lipinski definition) is 1. The first kappa shape index (κ1) is 15.4. The second kappa shape index (κ2) is 7.66. The third-order valence-corrected chi connectivity index (χ3v) is 3.16. The monoisotopic (exact) mass is 229 g/mol. The van der Waals surface area contributed by atoms with Crippen molar-refractivity contribution in [1.29, 1.82) is 0 Å². The third kappa shape index (κ3) is 5.50. The zero-order valence-electron chi connectivity index (χ0n) is 11.3. The molecule has 0 heterocycles. The van der Waals surface area contributed by atoms with Crippen LogP contribution in [0, 0.1) is 0 Å². The number of aliphatic hydroxyl groups excluding tert-OH is 1. The average Bonchev–Trinajstić information content (AvgIpc) is 2.27. The molecule has 0 fully saturated rings. The third-order valence-electron chi connectivity index (χ3n) is 3.16. The van der Waals surface area contributed by atoms with Crippen LogP contribution in [-0.4, -0.2) is 35.1 Å². The van der Waals surface area contributed by atoms with Crippen LogP contribution in [0.4, 0.5) is 0 Å². The number of hydrogen-bond acceptors (Lipinski definition) is 2. The maximum atomic E-state index is 11.8. The van der Waals surface area contributed by atoms with Crippen molar-refractivity contribution < 1.29 is 9.90 Å². The molecule has 3 nitrogen and oxygen atoms in total. The minimum atomic E-state index is -0.444. The fourth-order valence-corrected chi connectivity index (χ4v) is 1.49. The van der Waals surface area contributed by atoms with E-state index in [1.165, 1.54) is 19.3 Å². The molecule has 0 aliphatic carbocycles. The fraction of sp³-hybridized carbons (Fsp3) is 0.923. The molecule has 1 amide bonds. The van der Waals surface area contributed by atoms with Crippen molar-refractivity contribution in [2.24, 2.45) is 0 Å². The lowest BCUT2D eigenvalue weighted by Crippen LogP contribution is -2.47. The van der Waals surface area contributed by atoms with Gasteiger partial charge >= 0.3 is 0 Å².